The molecule has 0 atom stereocenters. The molecule has 0 aliphatic rings. The second kappa shape index (κ2) is 5.82. The summed E-state index contributed by atoms with van der Waals surface area (Å²) >= 11 is 0. The second-order valence-electron chi connectivity index (χ2n) is 5.36. The maximum absolute atomic E-state index is 9.32. The number of aromatic nitrogens is 3. The van der Waals surface area contributed by atoms with Crippen LogP contribution in [-0.2, 0) is 6.54 Å². The summed E-state index contributed by atoms with van der Waals surface area (Å²) in [7, 11) is 0. The van der Waals surface area contributed by atoms with Gasteiger partial charge in [0.1, 0.15) is 11.8 Å². The van der Waals surface area contributed by atoms with E-state index in [1.165, 1.54) is 5.56 Å². The van der Waals surface area contributed by atoms with Gasteiger partial charge in [0.25, 0.3) is 0 Å². The highest BCUT2D eigenvalue weighted by molar-refractivity contribution is 5.68. The average Bonchev–Trinajstić information content (AvgIpc) is 2.93. The van der Waals surface area contributed by atoms with Crippen molar-refractivity contribution in [3.05, 3.63) is 70.9 Å². The van der Waals surface area contributed by atoms with Crippen LogP contribution in [0.15, 0.2) is 48.5 Å². The lowest BCUT2D eigenvalue weighted by atomic mass is 10.0. The van der Waals surface area contributed by atoms with Gasteiger partial charge in [-0.15, -0.1) is 5.10 Å². The Bertz CT molecular complexity index is 838. The molecule has 0 N–H and O–H groups in total. The van der Waals surface area contributed by atoms with Crippen LogP contribution in [0.2, 0.25) is 0 Å². The number of hydrogen-bond acceptors (Lipinski definition) is 3. The van der Waals surface area contributed by atoms with Gasteiger partial charge < -0.3 is 0 Å². The minimum absolute atomic E-state index is 0.362. The Balaban J connectivity index is 2.06. The van der Waals surface area contributed by atoms with Gasteiger partial charge in [0.2, 0.25) is 0 Å². The minimum atomic E-state index is 0.362. The molecule has 0 unspecified atom stereocenters. The van der Waals surface area contributed by atoms with Crippen molar-refractivity contribution in [1.82, 2.24) is 15.0 Å². The highest BCUT2D eigenvalue weighted by Gasteiger charge is 2.16. The summed E-state index contributed by atoms with van der Waals surface area (Å²) < 4.78 is 1.80. The normalized spacial score (nSPS) is 10.4. The molecule has 1 aromatic heterocycles. The van der Waals surface area contributed by atoms with E-state index < -0.39 is 0 Å². The lowest BCUT2D eigenvalue weighted by Crippen LogP contribution is -2.05. The zero-order valence-corrected chi connectivity index (χ0v) is 12.6. The first-order valence-corrected chi connectivity index (χ1v) is 7.14. The first-order chi connectivity index (χ1) is 10.7. The summed E-state index contributed by atoms with van der Waals surface area (Å²) in [4.78, 5) is 0. The van der Waals surface area contributed by atoms with Crippen LogP contribution in [0.4, 0.5) is 0 Å². The van der Waals surface area contributed by atoms with Crippen LogP contribution in [0.5, 0.6) is 0 Å². The molecule has 0 saturated heterocycles. The predicted molar refractivity (Wildman–Crippen MR) is 85.2 cm³/mol. The number of hydrogen-bond donors (Lipinski definition) is 0. The van der Waals surface area contributed by atoms with Gasteiger partial charge in [-0.25, -0.2) is 4.68 Å². The van der Waals surface area contributed by atoms with Crippen molar-refractivity contribution in [2.45, 2.75) is 20.4 Å². The van der Waals surface area contributed by atoms with Gasteiger partial charge >= 0.3 is 0 Å². The first kappa shape index (κ1) is 14.0. The van der Waals surface area contributed by atoms with Crippen molar-refractivity contribution in [3.63, 3.8) is 0 Å². The van der Waals surface area contributed by atoms with Crippen molar-refractivity contribution >= 4 is 0 Å². The molecule has 0 amide bonds. The van der Waals surface area contributed by atoms with E-state index in [2.05, 4.69) is 47.6 Å². The van der Waals surface area contributed by atoms with E-state index in [0.29, 0.717) is 12.2 Å². The summed E-state index contributed by atoms with van der Waals surface area (Å²) in [6, 6.07) is 18.4. The molecule has 0 fully saturated rings. The standard InChI is InChI=1S/C18H16N4/c1-13-7-9-15(10-8-13)12-22-18(17(11-19)20-21-22)16-6-4-3-5-14(16)2/h3-10H,12H2,1-2H3. The molecule has 108 valence electrons. The highest BCUT2D eigenvalue weighted by atomic mass is 15.4. The predicted octanol–water partition coefficient (Wildman–Crippen LogP) is 3.48. The monoisotopic (exact) mass is 288 g/mol. The molecule has 4 heteroatoms. The average molecular weight is 288 g/mol. The fourth-order valence-electron chi connectivity index (χ4n) is 2.47. The Labute approximate surface area is 129 Å². The van der Waals surface area contributed by atoms with Crippen LogP contribution in [0.25, 0.3) is 11.3 Å². The summed E-state index contributed by atoms with van der Waals surface area (Å²) in [5, 5.41) is 17.5. The number of nitriles is 1. The molecular weight excluding hydrogens is 272 g/mol. The van der Waals surface area contributed by atoms with Gasteiger partial charge in [-0.2, -0.15) is 5.26 Å². The smallest absolute Gasteiger partial charge is 0.190 e. The molecule has 0 spiro atoms. The van der Waals surface area contributed by atoms with Crippen LogP contribution < -0.4 is 0 Å². The van der Waals surface area contributed by atoms with Crippen molar-refractivity contribution in [1.29, 1.82) is 5.26 Å². The van der Waals surface area contributed by atoms with Crippen molar-refractivity contribution in [2.75, 3.05) is 0 Å². The van der Waals surface area contributed by atoms with E-state index in [0.717, 1.165) is 22.4 Å². The van der Waals surface area contributed by atoms with Gasteiger partial charge in [0.05, 0.1) is 6.54 Å². The van der Waals surface area contributed by atoms with Gasteiger partial charge in [0.15, 0.2) is 5.69 Å². The Morgan fingerprint density at radius 2 is 1.77 bits per heavy atom. The summed E-state index contributed by atoms with van der Waals surface area (Å²) in [5.74, 6) is 0. The van der Waals surface area contributed by atoms with Crippen LogP contribution in [-0.4, -0.2) is 15.0 Å². The highest BCUT2D eigenvalue weighted by Crippen LogP contribution is 2.25. The topological polar surface area (TPSA) is 54.5 Å². The molecule has 0 bridgehead atoms. The maximum atomic E-state index is 9.32. The zero-order chi connectivity index (χ0) is 15.5. The molecule has 0 aliphatic heterocycles. The van der Waals surface area contributed by atoms with Crippen LogP contribution >= 0.6 is 0 Å². The molecule has 1 heterocycles. The third kappa shape index (κ3) is 2.61. The second-order valence-corrected chi connectivity index (χ2v) is 5.36. The van der Waals surface area contributed by atoms with E-state index in [9.17, 15) is 5.26 Å². The van der Waals surface area contributed by atoms with Gasteiger partial charge in [-0.1, -0.05) is 59.3 Å². The number of nitrogens with zero attached hydrogens (tertiary/aromatic N) is 4. The van der Waals surface area contributed by atoms with Gasteiger partial charge in [-0.3, -0.25) is 0 Å². The summed E-state index contributed by atoms with van der Waals surface area (Å²) in [6.45, 7) is 4.68. The van der Waals surface area contributed by atoms with E-state index in [1.807, 2.05) is 31.2 Å². The van der Waals surface area contributed by atoms with E-state index in [-0.39, 0.29) is 0 Å². The van der Waals surface area contributed by atoms with Crippen LogP contribution in [0, 0.1) is 25.2 Å². The minimum Gasteiger partial charge on any atom is -0.239 e. The lowest BCUT2D eigenvalue weighted by molar-refractivity contribution is 0.655. The third-order valence-electron chi connectivity index (χ3n) is 3.69. The molecular formula is C18H16N4. The molecule has 3 rings (SSSR count). The molecule has 2 aromatic carbocycles. The lowest BCUT2D eigenvalue weighted by Gasteiger charge is -2.09. The number of benzene rings is 2. The molecule has 4 nitrogen and oxygen atoms in total. The zero-order valence-electron chi connectivity index (χ0n) is 12.6. The Hall–Kier alpha value is -2.93. The summed E-state index contributed by atoms with van der Waals surface area (Å²) in [6.07, 6.45) is 0. The third-order valence-corrected chi connectivity index (χ3v) is 3.69. The number of rotatable bonds is 3. The van der Waals surface area contributed by atoms with E-state index in [1.54, 1.807) is 4.68 Å². The van der Waals surface area contributed by atoms with E-state index >= 15 is 0 Å². The molecule has 0 aliphatic carbocycles. The Kier molecular flexibility index (Phi) is 3.71. The van der Waals surface area contributed by atoms with Crippen molar-refractivity contribution < 1.29 is 0 Å². The first-order valence-electron chi connectivity index (χ1n) is 7.14. The molecule has 0 radical (unpaired) electrons. The number of aryl methyl sites for hydroxylation is 2. The van der Waals surface area contributed by atoms with Crippen molar-refractivity contribution in [2.24, 2.45) is 0 Å². The SMILES string of the molecule is Cc1ccc(Cn2nnc(C#N)c2-c2ccccc2C)cc1. The fourth-order valence-corrected chi connectivity index (χ4v) is 2.47. The fraction of sp³-hybridized carbons (Fsp3) is 0.167. The van der Waals surface area contributed by atoms with Gasteiger partial charge in [-0.05, 0) is 25.0 Å². The maximum Gasteiger partial charge on any atom is 0.190 e. The van der Waals surface area contributed by atoms with E-state index in [4.69, 9.17) is 0 Å². The van der Waals surface area contributed by atoms with Crippen molar-refractivity contribution in [3.8, 4) is 17.3 Å². The Morgan fingerprint density at radius 3 is 2.45 bits per heavy atom. The van der Waals surface area contributed by atoms with Crippen LogP contribution in [0.3, 0.4) is 0 Å². The summed E-state index contributed by atoms with van der Waals surface area (Å²) in [5.41, 5.74) is 5.60. The molecule has 22 heavy (non-hydrogen) atoms. The molecule has 0 saturated carbocycles. The van der Waals surface area contributed by atoms with Crippen LogP contribution in [0.1, 0.15) is 22.4 Å². The van der Waals surface area contributed by atoms with Gasteiger partial charge in [0, 0.05) is 5.56 Å². The molecule has 3 aromatic rings. The largest absolute Gasteiger partial charge is 0.239 e. The quantitative estimate of drug-likeness (QED) is 0.741. The Morgan fingerprint density at radius 1 is 1.05 bits per heavy atom.